The molecule has 0 atom stereocenters. The summed E-state index contributed by atoms with van der Waals surface area (Å²) in [5.74, 6) is 1.17. The van der Waals surface area contributed by atoms with Crippen LogP contribution in [0, 0.1) is 5.82 Å². The van der Waals surface area contributed by atoms with Crippen LogP contribution in [0.15, 0.2) is 60.7 Å². The first kappa shape index (κ1) is 19.7. The Bertz CT molecular complexity index is 1110. The zero-order valence-corrected chi connectivity index (χ0v) is 16.9. The van der Waals surface area contributed by atoms with Crippen molar-refractivity contribution in [3.8, 4) is 5.75 Å². The van der Waals surface area contributed by atoms with Gasteiger partial charge >= 0.3 is 0 Å². The van der Waals surface area contributed by atoms with Crippen LogP contribution in [0.5, 0.6) is 5.75 Å². The molecular formula is C22H18Cl2FN3O. The van der Waals surface area contributed by atoms with Gasteiger partial charge in [-0.25, -0.2) is 9.37 Å². The number of nitrogens with one attached hydrogen (secondary N) is 2. The lowest BCUT2D eigenvalue weighted by Gasteiger charge is -2.13. The fourth-order valence-corrected chi connectivity index (χ4v) is 3.44. The largest absolute Gasteiger partial charge is 0.489 e. The molecular weight excluding hydrogens is 412 g/mol. The summed E-state index contributed by atoms with van der Waals surface area (Å²) < 4.78 is 19.1. The van der Waals surface area contributed by atoms with E-state index in [0.717, 1.165) is 22.4 Å². The van der Waals surface area contributed by atoms with Crippen molar-refractivity contribution >= 4 is 34.2 Å². The average molecular weight is 430 g/mol. The Morgan fingerprint density at radius 1 is 0.966 bits per heavy atom. The summed E-state index contributed by atoms with van der Waals surface area (Å²) in [6.45, 7) is 1.35. The summed E-state index contributed by atoms with van der Waals surface area (Å²) in [5, 5.41) is 4.32. The molecule has 148 valence electrons. The molecule has 0 unspecified atom stereocenters. The molecule has 0 aliphatic carbocycles. The fraction of sp³-hybridized carbons (Fsp3) is 0.136. The standard InChI is InChI=1S/C22H18Cl2FN3O/c23-16-6-8-21(29-13-14-5-7-17(25)10-18(14)24)15(9-16)11-26-12-22-27-19-3-1-2-4-20(19)28-22/h1-10,26H,11-13H2,(H,27,28). The number of benzene rings is 3. The van der Waals surface area contributed by atoms with Crippen LogP contribution >= 0.6 is 23.2 Å². The predicted molar refractivity (Wildman–Crippen MR) is 114 cm³/mol. The van der Waals surface area contributed by atoms with Crippen molar-refractivity contribution in [2.45, 2.75) is 19.7 Å². The second-order valence-corrected chi connectivity index (χ2v) is 7.42. The van der Waals surface area contributed by atoms with Crippen LogP contribution in [0.4, 0.5) is 4.39 Å². The van der Waals surface area contributed by atoms with E-state index >= 15 is 0 Å². The van der Waals surface area contributed by atoms with Gasteiger partial charge in [-0.05, 0) is 42.5 Å². The smallest absolute Gasteiger partial charge is 0.124 e. The first-order valence-corrected chi connectivity index (χ1v) is 9.83. The number of aromatic amines is 1. The highest BCUT2D eigenvalue weighted by Crippen LogP contribution is 2.25. The van der Waals surface area contributed by atoms with Gasteiger partial charge in [-0.15, -0.1) is 0 Å². The maximum atomic E-state index is 13.2. The van der Waals surface area contributed by atoms with Gasteiger partial charge in [-0.3, -0.25) is 0 Å². The van der Waals surface area contributed by atoms with Crippen molar-refractivity contribution in [2.75, 3.05) is 0 Å². The maximum absolute atomic E-state index is 13.2. The van der Waals surface area contributed by atoms with E-state index in [9.17, 15) is 4.39 Å². The summed E-state index contributed by atoms with van der Waals surface area (Å²) in [6, 6.07) is 17.6. The van der Waals surface area contributed by atoms with Gasteiger partial charge in [0.05, 0.1) is 22.6 Å². The third-order valence-electron chi connectivity index (χ3n) is 4.47. The first-order valence-electron chi connectivity index (χ1n) is 9.08. The number of rotatable bonds is 7. The Kier molecular flexibility index (Phi) is 6.00. The second-order valence-electron chi connectivity index (χ2n) is 6.58. The van der Waals surface area contributed by atoms with Gasteiger partial charge in [-0.2, -0.15) is 0 Å². The molecule has 0 saturated heterocycles. The molecule has 0 aliphatic heterocycles. The van der Waals surface area contributed by atoms with E-state index < -0.39 is 0 Å². The topological polar surface area (TPSA) is 49.9 Å². The molecule has 0 bridgehead atoms. The number of hydrogen-bond acceptors (Lipinski definition) is 3. The van der Waals surface area contributed by atoms with E-state index in [-0.39, 0.29) is 12.4 Å². The van der Waals surface area contributed by atoms with Gasteiger partial charge in [0.2, 0.25) is 0 Å². The highest BCUT2D eigenvalue weighted by Gasteiger charge is 2.09. The molecule has 3 aromatic carbocycles. The van der Waals surface area contributed by atoms with Gasteiger partial charge in [0.25, 0.3) is 0 Å². The zero-order chi connectivity index (χ0) is 20.2. The van der Waals surface area contributed by atoms with Gasteiger partial charge in [0, 0.05) is 22.7 Å². The molecule has 29 heavy (non-hydrogen) atoms. The fourth-order valence-electron chi connectivity index (χ4n) is 3.03. The summed E-state index contributed by atoms with van der Waals surface area (Å²) in [5.41, 5.74) is 3.57. The Balaban J connectivity index is 1.42. The molecule has 1 heterocycles. The van der Waals surface area contributed by atoms with Crippen LogP contribution in [0.2, 0.25) is 10.0 Å². The summed E-state index contributed by atoms with van der Waals surface area (Å²) >= 11 is 12.2. The molecule has 4 aromatic rings. The number of nitrogens with zero attached hydrogens (tertiary/aromatic N) is 1. The monoisotopic (exact) mass is 429 g/mol. The average Bonchev–Trinajstić information content (AvgIpc) is 3.11. The molecule has 7 heteroatoms. The van der Waals surface area contributed by atoms with Crippen LogP contribution in [0.3, 0.4) is 0 Å². The van der Waals surface area contributed by atoms with Crippen molar-refractivity contribution in [3.63, 3.8) is 0 Å². The molecule has 0 aliphatic rings. The van der Waals surface area contributed by atoms with Crippen molar-refractivity contribution in [2.24, 2.45) is 0 Å². The minimum Gasteiger partial charge on any atom is -0.489 e. The molecule has 4 rings (SSSR count). The van der Waals surface area contributed by atoms with E-state index in [2.05, 4.69) is 15.3 Å². The highest BCUT2D eigenvalue weighted by atomic mass is 35.5. The number of imidazole rings is 1. The van der Waals surface area contributed by atoms with Crippen LogP contribution in [-0.2, 0) is 19.7 Å². The summed E-state index contributed by atoms with van der Waals surface area (Å²) in [6.07, 6.45) is 0. The van der Waals surface area contributed by atoms with Gasteiger partial charge in [0.15, 0.2) is 0 Å². The summed E-state index contributed by atoms with van der Waals surface area (Å²) in [7, 11) is 0. The van der Waals surface area contributed by atoms with E-state index in [4.69, 9.17) is 27.9 Å². The number of fused-ring (bicyclic) bond motifs is 1. The predicted octanol–water partition coefficient (Wildman–Crippen LogP) is 5.88. The third kappa shape index (κ3) is 4.88. The first-order chi connectivity index (χ1) is 14.1. The number of ether oxygens (including phenoxy) is 1. The van der Waals surface area contributed by atoms with E-state index in [1.807, 2.05) is 36.4 Å². The third-order valence-corrected chi connectivity index (χ3v) is 5.05. The molecule has 0 spiro atoms. The molecule has 0 fully saturated rings. The number of aromatic nitrogens is 2. The van der Waals surface area contributed by atoms with E-state index in [1.54, 1.807) is 12.1 Å². The normalized spacial score (nSPS) is 11.1. The molecule has 1 aromatic heterocycles. The van der Waals surface area contributed by atoms with Crippen LogP contribution in [-0.4, -0.2) is 9.97 Å². The van der Waals surface area contributed by atoms with Crippen LogP contribution in [0.1, 0.15) is 17.0 Å². The van der Waals surface area contributed by atoms with Crippen molar-refractivity contribution < 1.29 is 9.13 Å². The van der Waals surface area contributed by atoms with Crippen molar-refractivity contribution in [1.29, 1.82) is 0 Å². The molecule has 4 nitrogen and oxygen atoms in total. The molecule has 0 radical (unpaired) electrons. The Morgan fingerprint density at radius 2 is 1.83 bits per heavy atom. The zero-order valence-electron chi connectivity index (χ0n) is 15.4. The highest BCUT2D eigenvalue weighted by molar-refractivity contribution is 6.31. The van der Waals surface area contributed by atoms with Crippen LogP contribution in [0.25, 0.3) is 11.0 Å². The van der Waals surface area contributed by atoms with Gasteiger partial charge < -0.3 is 15.0 Å². The minimum atomic E-state index is -0.374. The van der Waals surface area contributed by atoms with Crippen molar-refractivity contribution in [1.82, 2.24) is 15.3 Å². The lowest BCUT2D eigenvalue weighted by atomic mass is 10.2. The van der Waals surface area contributed by atoms with E-state index in [1.165, 1.54) is 12.1 Å². The number of H-pyrrole nitrogens is 1. The van der Waals surface area contributed by atoms with Crippen LogP contribution < -0.4 is 10.1 Å². The SMILES string of the molecule is Fc1ccc(COc2ccc(Cl)cc2CNCc2nc3ccccc3[nH]2)c(Cl)c1. The lowest BCUT2D eigenvalue weighted by molar-refractivity contribution is 0.302. The Labute approximate surface area is 177 Å². The maximum Gasteiger partial charge on any atom is 0.124 e. The van der Waals surface area contributed by atoms with Gasteiger partial charge in [-0.1, -0.05) is 41.4 Å². The van der Waals surface area contributed by atoms with Gasteiger partial charge in [0.1, 0.15) is 24.0 Å². The lowest BCUT2D eigenvalue weighted by Crippen LogP contribution is -2.14. The number of hydrogen-bond donors (Lipinski definition) is 2. The molecule has 0 saturated carbocycles. The minimum absolute atomic E-state index is 0.233. The second kappa shape index (κ2) is 8.82. The van der Waals surface area contributed by atoms with E-state index in [0.29, 0.717) is 34.4 Å². The molecule has 2 N–H and O–H groups in total. The molecule has 0 amide bonds. The number of para-hydroxylation sites is 2. The Morgan fingerprint density at radius 3 is 2.66 bits per heavy atom. The Hall–Kier alpha value is -2.60. The van der Waals surface area contributed by atoms with Crippen molar-refractivity contribution in [3.05, 3.63) is 93.5 Å². The quantitative estimate of drug-likeness (QED) is 0.385. The number of halogens is 3. The summed E-state index contributed by atoms with van der Waals surface area (Å²) in [4.78, 5) is 7.85.